The van der Waals surface area contributed by atoms with Gasteiger partial charge in [-0.1, -0.05) is 72.8 Å². The number of piperazine rings is 1. The van der Waals surface area contributed by atoms with Gasteiger partial charge < -0.3 is 9.64 Å². The Labute approximate surface area is 223 Å². The lowest BCUT2D eigenvalue weighted by Crippen LogP contribution is -2.48. The van der Waals surface area contributed by atoms with Gasteiger partial charge in [-0.3, -0.25) is 4.90 Å². The number of aryl methyl sites for hydroxylation is 1. The quantitative estimate of drug-likeness (QED) is 0.251. The summed E-state index contributed by atoms with van der Waals surface area (Å²) in [6.45, 7) is 11.5. The molecule has 6 rings (SSSR count). The lowest BCUT2D eigenvalue weighted by Gasteiger charge is -2.37. The first-order valence-corrected chi connectivity index (χ1v) is 13.3. The zero-order chi connectivity index (χ0) is 25.9. The van der Waals surface area contributed by atoms with E-state index in [1.165, 1.54) is 16.3 Å². The molecular weight excluding hydrogens is 470 g/mol. The first kappa shape index (κ1) is 24.2. The molecule has 1 aliphatic heterocycles. The van der Waals surface area contributed by atoms with E-state index in [-0.39, 0.29) is 0 Å². The van der Waals surface area contributed by atoms with Crippen molar-refractivity contribution in [2.24, 2.45) is 0 Å². The molecule has 3 aromatic carbocycles. The number of hydrogen-bond donors (Lipinski definition) is 0. The van der Waals surface area contributed by atoms with Crippen LogP contribution in [0.4, 0.5) is 5.82 Å². The van der Waals surface area contributed by atoms with E-state index in [9.17, 15) is 0 Å². The standard InChI is InChI=1S/C32H33N5O/c1-3-10-27-24(2)34-31-29(26-11-5-4-6-12-26)23-33-37(31)32(27)36-19-17-35(18-20-36)21-22-38-30-16-9-14-25-13-7-8-15-28(25)30/h3-9,11-16,23H,1,10,17-22H2,2H3. The van der Waals surface area contributed by atoms with Gasteiger partial charge in [-0.15, -0.1) is 6.58 Å². The third kappa shape index (κ3) is 4.63. The number of benzene rings is 3. The zero-order valence-electron chi connectivity index (χ0n) is 21.9. The highest BCUT2D eigenvalue weighted by molar-refractivity contribution is 5.88. The van der Waals surface area contributed by atoms with Gasteiger partial charge in [0.25, 0.3) is 0 Å². The molecule has 5 aromatic rings. The molecule has 192 valence electrons. The second-order valence-electron chi connectivity index (χ2n) is 9.81. The molecule has 0 saturated carbocycles. The molecule has 0 unspecified atom stereocenters. The van der Waals surface area contributed by atoms with E-state index in [0.717, 1.165) is 73.2 Å². The average Bonchev–Trinajstić information content (AvgIpc) is 3.38. The molecular formula is C32H33N5O. The van der Waals surface area contributed by atoms with Crippen LogP contribution in [0.1, 0.15) is 11.3 Å². The molecule has 1 aliphatic rings. The van der Waals surface area contributed by atoms with Crippen LogP contribution in [0, 0.1) is 6.92 Å². The van der Waals surface area contributed by atoms with Gasteiger partial charge in [0.2, 0.25) is 0 Å². The second-order valence-corrected chi connectivity index (χ2v) is 9.81. The molecule has 6 nitrogen and oxygen atoms in total. The Kier molecular flexibility index (Phi) is 6.80. The summed E-state index contributed by atoms with van der Waals surface area (Å²) < 4.78 is 8.25. The van der Waals surface area contributed by atoms with Crippen molar-refractivity contribution in [2.45, 2.75) is 13.3 Å². The average molecular weight is 504 g/mol. The Morgan fingerprint density at radius 1 is 0.921 bits per heavy atom. The third-order valence-electron chi connectivity index (χ3n) is 7.44. The van der Waals surface area contributed by atoms with Crippen LogP contribution in [-0.4, -0.2) is 58.8 Å². The summed E-state index contributed by atoms with van der Waals surface area (Å²) in [6.07, 6.45) is 4.67. The Morgan fingerprint density at radius 3 is 2.50 bits per heavy atom. The zero-order valence-corrected chi connectivity index (χ0v) is 21.9. The van der Waals surface area contributed by atoms with Crippen molar-refractivity contribution in [3.8, 4) is 16.9 Å². The van der Waals surface area contributed by atoms with E-state index in [4.69, 9.17) is 14.8 Å². The Bertz CT molecular complexity index is 1560. The van der Waals surface area contributed by atoms with Crippen LogP contribution in [0.15, 0.2) is 91.6 Å². The van der Waals surface area contributed by atoms with Crippen molar-refractivity contribution in [2.75, 3.05) is 44.2 Å². The number of anilines is 1. The van der Waals surface area contributed by atoms with E-state index < -0.39 is 0 Å². The van der Waals surface area contributed by atoms with E-state index >= 15 is 0 Å². The number of aromatic nitrogens is 3. The van der Waals surface area contributed by atoms with Crippen LogP contribution in [0.25, 0.3) is 27.5 Å². The first-order chi connectivity index (χ1) is 18.7. The molecule has 0 spiro atoms. The second kappa shape index (κ2) is 10.7. The summed E-state index contributed by atoms with van der Waals surface area (Å²) >= 11 is 0. The van der Waals surface area contributed by atoms with Crippen molar-refractivity contribution in [1.82, 2.24) is 19.5 Å². The maximum absolute atomic E-state index is 6.21. The summed E-state index contributed by atoms with van der Waals surface area (Å²) in [5.41, 5.74) is 5.33. The summed E-state index contributed by atoms with van der Waals surface area (Å²) in [6, 6.07) is 25.0. The minimum Gasteiger partial charge on any atom is -0.492 e. The SMILES string of the molecule is C=CCc1c(C)nc2c(-c3ccccc3)cnn2c1N1CCN(CCOc2cccc3ccccc23)CC1. The molecule has 0 aliphatic carbocycles. The highest BCUT2D eigenvalue weighted by Crippen LogP contribution is 2.31. The van der Waals surface area contributed by atoms with E-state index in [0.29, 0.717) is 6.61 Å². The van der Waals surface area contributed by atoms with Crippen molar-refractivity contribution in [3.05, 3.63) is 103 Å². The maximum Gasteiger partial charge on any atom is 0.165 e. The number of rotatable bonds is 8. The predicted molar refractivity (Wildman–Crippen MR) is 155 cm³/mol. The highest BCUT2D eigenvalue weighted by Gasteiger charge is 2.24. The number of nitrogens with zero attached hydrogens (tertiary/aromatic N) is 5. The molecule has 1 fully saturated rings. The molecule has 38 heavy (non-hydrogen) atoms. The van der Waals surface area contributed by atoms with Gasteiger partial charge in [-0.2, -0.15) is 9.61 Å². The largest absolute Gasteiger partial charge is 0.492 e. The van der Waals surface area contributed by atoms with E-state index in [1.54, 1.807) is 0 Å². The van der Waals surface area contributed by atoms with Crippen LogP contribution in [0.3, 0.4) is 0 Å². The number of ether oxygens (including phenoxy) is 1. The topological polar surface area (TPSA) is 45.9 Å². The minimum absolute atomic E-state index is 0.675. The molecule has 0 N–H and O–H groups in total. The summed E-state index contributed by atoms with van der Waals surface area (Å²) in [7, 11) is 0. The lowest BCUT2D eigenvalue weighted by atomic mass is 10.1. The van der Waals surface area contributed by atoms with E-state index in [2.05, 4.69) is 90.0 Å². The summed E-state index contributed by atoms with van der Waals surface area (Å²) in [5.74, 6) is 2.10. The Hall–Kier alpha value is -4.16. The number of allylic oxidation sites excluding steroid dienone is 1. The smallest absolute Gasteiger partial charge is 0.165 e. The van der Waals surface area contributed by atoms with Gasteiger partial charge in [0.1, 0.15) is 18.2 Å². The molecule has 0 radical (unpaired) electrons. The number of fused-ring (bicyclic) bond motifs is 2. The van der Waals surface area contributed by atoms with Crippen LogP contribution in [-0.2, 0) is 6.42 Å². The molecule has 0 amide bonds. The fraction of sp³-hybridized carbons (Fsp3) is 0.250. The van der Waals surface area contributed by atoms with Crippen molar-refractivity contribution in [3.63, 3.8) is 0 Å². The molecule has 0 atom stereocenters. The van der Waals surface area contributed by atoms with Gasteiger partial charge in [0.15, 0.2) is 5.65 Å². The van der Waals surface area contributed by atoms with Crippen molar-refractivity contribution >= 4 is 22.2 Å². The summed E-state index contributed by atoms with van der Waals surface area (Å²) in [4.78, 5) is 9.94. The van der Waals surface area contributed by atoms with Gasteiger partial charge in [0, 0.05) is 54.9 Å². The molecule has 0 bridgehead atoms. The molecule has 1 saturated heterocycles. The number of hydrogen-bond acceptors (Lipinski definition) is 5. The van der Waals surface area contributed by atoms with Crippen LogP contribution < -0.4 is 9.64 Å². The van der Waals surface area contributed by atoms with Gasteiger partial charge in [0.05, 0.1) is 6.20 Å². The van der Waals surface area contributed by atoms with Gasteiger partial charge in [-0.05, 0) is 30.4 Å². The van der Waals surface area contributed by atoms with Crippen LogP contribution in [0.5, 0.6) is 5.75 Å². The molecule has 2 aromatic heterocycles. The minimum atomic E-state index is 0.675. The van der Waals surface area contributed by atoms with Crippen LogP contribution in [0.2, 0.25) is 0 Å². The maximum atomic E-state index is 6.21. The fourth-order valence-electron chi connectivity index (χ4n) is 5.44. The van der Waals surface area contributed by atoms with Gasteiger partial charge >= 0.3 is 0 Å². The van der Waals surface area contributed by atoms with Crippen LogP contribution >= 0.6 is 0 Å². The summed E-state index contributed by atoms with van der Waals surface area (Å²) in [5, 5.41) is 7.20. The van der Waals surface area contributed by atoms with Gasteiger partial charge in [-0.25, -0.2) is 4.98 Å². The highest BCUT2D eigenvalue weighted by atomic mass is 16.5. The normalized spacial score (nSPS) is 14.3. The fourth-order valence-corrected chi connectivity index (χ4v) is 5.44. The first-order valence-electron chi connectivity index (χ1n) is 13.3. The monoisotopic (exact) mass is 503 g/mol. The third-order valence-corrected chi connectivity index (χ3v) is 7.44. The van der Waals surface area contributed by atoms with Crippen molar-refractivity contribution < 1.29 is 4.74 Å². The lowest BCUT2D eigenvalue weighted by molar-refractivity contribution is 0.201. The molecule has 3 heterocycles. The molecule has 6 heteroatoms. The predicted octanol–water partition coefficient (Wildman–Crippen LogP) is 5.79. The van der Waals surface area contributed by atoms with E-state index in [1.807, 2.05) is 22.9 Å². The Balaban J connectivity index is 1.18. The Morgan fingerprint density at radius 2 is 1.68 bits per heavy atom. The van der Waals surface area contributed by atoms with Crippen molar-refractivity contribution in [1.29, 1.82) is 0 Å².